The van der Waals surface area contributed by atoms with Gasteiger partial charge < -0.3 is 10.6 Å². The van der Waals surface area contributed by atoms with Gasteiger partial charge in [0.15, 0.2) is 0 Å². The minimum absolute atomic E-state index is 0.215. The Balaban J connectivity index is 1.59. The Morgan fingerprint density at radius 2 is 1.73 bits per heavy atom. The number of aryl methyl sites for hydroxylation is 2. The summed E-state index contributed by atoms with van der Waals surface area (Å²) in [6.07, 6.45) is 1.59. The van der Waals surface area contributed by atoms with E-state index < -0.39 is 0 Å². The predicted molar refractivity (Wildman–Crippen MR) is 103 cm³/mol. The Morgan fingerprint density at radius 3 is 2.50 bits per heavy atom. The van der Waals surface area contributed by atoms with Crippen molar-refractivity contribution in [1.82, 2.24) is 15.3 Å². The normalized spacial score (nSPS) is 10.4. The Labute approximate surface area is 153 Å². The van der Waals surface area contributed by atoms with Gasteiger partial charge >= 0.3 is 0 Å². The third kappa shape index (κ3) is 4.89. The molecule has 1 heterocycles. The second-order valence-corrected chi connectivity index (χ2v) is 6.28. The highest BCUT2D eigenvalue weighted by atomic mass is 16.1. The highest BCUT2D eigenvalue weighted by molar-refractivity contribution is 5.92. The van der Waals surface area contributed by atoms with Gasteiger partial charge in [0, 0.05) is 19.3 Å². The molecule has 0 aliphatic rings. The van der Waals surface area contributed by atoms with Crippen LogP contribution in [-0.2, 0) is 13.1 Å². The fourth-order valence-corrected chi connectivity index (χ4v) is 2.55. The molecular formula is C21H22N4O. The largest absolute Gasteiger partial charge is 0.350 e. The second-order valence-electron chi connectivity index (χ2n) is 6.28. The van der Waals surface area contributed by atoms with E-state index in [9.17, 15) is 4.79 Å². The van der Waals surface area contributed by atoms with E-state index in [2.05, 4.69) is 57.9 Å². The number of hydrogen-bond acceptors (Lipinski definition) is 4. The summed E-state index contributed by atoms with van der Waals surface area (Å²) in [4.78, 5) is 20.8. The van der Waals surface area contributed by atoms with E-state index >= 15 is 0 Å². The molecule has 3 rings (SSSR count). The minimum atomic E-state index is -0.215. The Bertz CT molecular complexity index is 891. The lowest BCUT2D eigenvalue weighted by Crippen LogP contribution is -2.24. The second kappa shape index (κ2) is 8.25. The minimum Gasteiger partial charge on any atom is -0.350 e. The van der Waals surface area contributed by atoms with Crippen molar-refractivity contribution in [3.05, 3.63) is 88.7 Å². The van der Waals surface area contributed by atoms with Crippen molar-refractivity contribution in [3.63, 3.8) is 0 Å². The predicted octanol–water partition coefficient (Wildman–Crippen LogP) is 3.64. The number of nitrogens with zero attached hydrogens (tertiary/aromatic N) is 2. The average molecular weight is 346 g/mol. The van der Waals surface area contributed by atoms with Gasteiger partial charge in [0.25, 0.3) is 5.91 Å². The number of benzene rings is 2. The fraction of sp³-hybridized carbons (Fsp3) is 0.190. The SMILES string of the molecule is Cc1ccc(CNc2nccc(C(=O)NCc3cccc(C)c3)n2)cc1. The lowest BCUT2D eigenvalue weighted by atomic mass is 10.1. The Kier molecular flexibility index (Phi) is 5.59. The summed E-state index contributed by atoms with van der Waals surface area (Å²) in [6.45, 7) is 5.16. The average Bonchev–Trinajstić information content (AvgIpc) is 2.66. The first-order valence-corrected chi connectivity index (χ1v) is 8.56. The monoisotopic (exact) mass is 346 g/mol. The van der Waals surface area contributed by atoms with Crippen LogP contribution in [-0.4, -0.2) is 15.9 Å². The van der Waals surface area contributed by atoms with Gasteiger partial charge in [0.05, 0.1) is 0 Å². The fourth-order valence-electron chi connectivity index (χ4n) is 2.55. The van der Waals surface area contributed by atoms with E-state index in [1.807, 2.05) is 25.1 Å². The van der Waals surface area contributed by atoms with Gasteiger partial charge in [-0.2, -0.15) is 0 Å². The summed E-state index contributed by atoms with van der Waals surface area (Å²) in [5, 5.41) is 6.05. The maximum atomic E-state index is 12.3. The van der Waals surface area contributed by atoms with E-state index in [0.29, 0.717) is 24.7 Å². The van der Waals surface area contributed by atoms with Crippen LogP contribution in [0.5, 0.6) is 0 Å². The van der Waals surface area contributed by atoms with Crippen LogP contribution >= 0.6 is 0 Å². The molecule has 0 aliphatic heterocycles. The highest BCUT2D eigenvalue weighted by Gasteiger charge is 2.08. The molecule has 0 radical (unpaired) electrons. The summed E-state index contributed by atoms with van der Waals surface area (Å²) >= 11 is 0. The summed E-state index contributed by atoms with van der Waals surface area (Å²) in [5.41, 5.74) is 4.93. The number of amides is 1. The number of anilines is 1. The molecule has 5 nitrogen and oxygen atoms in total. The maximum absolute atomic E-state index is 12.3. The van der Waals surface area contributed by atoms with Crippen LogP contribution in [0.2, 0.25) is 0 Å². The van der Waals surface area contributed by atoms with E-state index in [0.717, 1.165) is 11.1 Å². The van der Waals surface area contributed by atoms with Crippen molar-refractivity contribution in [2.24, 2.45) is 0 Å². The summed E-state index contributed by atoms with van der Waals surface area (Å²) in [5.74, 6) is 0.223. The third-order valence-electron chi connectivity index (χ3n) is 4.00. The molecule has 26 heavy (non-hydrogen) atoms. The van der Waals surface area contributed by atoms with Crippen LogP contribution < -0.4 is 10.6 Å². The molecule has 2 aromatic carbocycles. The van der Waals surface area contributed by atoms with Crippen LogP contribution in [0.25, 0.3) is 0 Å². The number of aromatic nitrogens is 2. The molecule has 0 saturated heterocycles. The molecule has 0 bridgehead atoms. The van der Waals surface area contributed by atoms with Gasteiger partial charge in [-0.1, -0.05) is 59.7 Å². The number of rotatable bonds is 6. The molecule has 0 fully saturated rings. The topological polar surface area (TPSA) is 66.9 Å². The van der Waals surface area contributed by atoms with Crippen molar-refractivity contribution in [1.29, 1.82) is 0 Å². The van der Waals surface area contributed by atoms with Crippen molar-refractivity contribution in [2.45, 2.75) is 26.9 Å². The number of hydrogen-bond donors (Lipinski definition) is 2. The summed E-state index contributed by atoms with van der Waals surface area (Å²) in [7, 11) is 0. The summed E-state index contributed by atoms with van der Waals surface area (Å²) in [6, 6.07) is 17.9. The molecule has 5 heteroatoms. The van der Waals surface area contributed by atoms with E-state index in [-0.39, 0.29) is 5.91 Å². The van der Waals surface area contributed by atoms with E-state index in [1.54, 1.807) is 12.3 Å². The Morgan fingerprint density at radius 1 is 0.923 bits per heavy atom. The molecule has 0 saturated carbocycles. The standard InChI is InChI=1S/C21H22N4O/c1-15-6-8-17(9-7-15)13-24-21-22-11-10-19(25-21)20(26)23-14-18-5-3-4-16(2)12-18/h3-12H,13-14H2,1-2H3,(H,23,26)(H,22,24,25). The molecule has 0 atom stereocenters. The molecule has 2 N–H and O–H groups in total. The molecule has 1 aromatic heterocycles. The van der Waals surface area contributed by atoms with Gasteiger partial charge in [0.2, 0.25) is 5.95 Å². The van der Waals surface area contributed by atoms with Gasteiger partial charge in [0.1, 0.15) is 5.69 Å². The quantitative estimate of drug-likeness (QED) is 0.715. The lowest BCUT2D eigenvalue weighted by Gasteiger charge is -2.08. The highest BCUT2D eigenvalue weighted by Crippen LogP contribution is 2.07. The first kappa shape index (κ1) is 17.6. The van der Waals surface area contributed by atoms with Crippen molar-refractivity contribution in [2.75, 3.05) is 5.32 Å². The van der Waals surface area contributed by atoms with Crippen LogP contribution in [0, 0.1) is 13.8 Å². The molecule has 0 spiro atoms. The zero-order valence-electron chi connectivity index (χ0n) is 15.0. The lowest BCUT2D eigenvalue weighted by molar-refractivity contribution is 0.0946. The van der Waals surface area contributed by atoms with Crippen LogP contribution in [0.1, 0.15) is 32.7 Å². The molecule has 1 amide bonds. The zero-order valence-corrected chi connectivity index (χ0v) is 15.0. The molecule has 0 unspecified atom stereocenters. The third-order valence-corrected chi connectivity index (χ3v) is 4.00. The number of carbonyl (C=O) groups excluding carboxylic acids is 1. The first-order valence-electron chi connectivity index (χ1n) is 8.56. The van der Waals surface area contributed by atoms with Crippen LogP contribution in [0.15, 0.2) is 60.8 Å². The molecule has 3 aromatic rings. The Hall–Kier alpha value is -3.21. The number of nitrogens with one attached hydrogen (secondary N) is 2. The number of carbonyl (C=O) groups is 1. The van der Waals surface area contributed by atoms with Crippen LogP contribution in [0.3, 0.4) is 0 Å². The van der Waals surface area contributed by atoms with Gasteiger partial charge in [-0.15, -0.1) is 0 Å². The van der Waals surface area contributed by atoms with Crippen molar-refractivity contribution < 1.29 is 4.79 Å². The zero-order chi connectivity index (χ0) is 18.4. The van der Waals surface area contributed by atoms with Gasteiger partial charge in [-0.3, -0.25) is 4.79 Å². The van der Waals surface area contributed by atoms with Crippen molar-refractivity contribution >= 4 is 11.9 Å². The molecule has 0 aliphatic carbocycles. The molecular weight excluding hydrogens is 324 g/mol. The van der Waals surface area contributed by atoms with E-state index in [4.69, 9.17) is 0 Å². The first-order chi connectivity index (χ1) is 12.6. The van der Waals surface area contributed by atoms with Crippen LogP contribution in [0.4, 0.5) is 5.95 Å². The van der Waals surface area contributed by atoms with Crippen molar-refractivity contribution in [3.8, 4) is 0 Å². The summed E-state index contributed by atoms with van der Waals surface area (Å²) < 4.78 is 0. The van der Waals surface area contributed by atoms with Gasteiger partial charge in [-0.25, -0.2) is 9.97 Å². The van der Waals surface area contributed by atoms with E-state index in [1.165, 1.54) is 11.1 Å². The van der Waals surface area contributed by atoms with Gasteiger partial charge in [-0.05, 0) is 31.0 Å². The molecule has 132 valence electrons. The maximum Gasteiger partial charge on any atom is 0.270 e. The smallest absolute Gasteiger partial charge is 0.270 e.